The van der Waals surface area contributed by atoms with E-state index in [2.05, 4.69) is 48.4 Å². The molecule has 0 spiro atoms. The molecule has 3 nitrogen and oxygen atoms in total. The van der Waals surface area contributed by atoms with Gasteiger partial charge in [0.25, 0.3) is 0 Å². The van der Waals surface area contributed by atoms with Crippen molar-refractivity contribution < 1.29 is 0 Å². The van der Waals surface area contributed by atoms with Crippen LogP contribution in [0.3, 0.4) is 0 Å². The molecule has 0 amide bonds. The molecule has 0 bridgehead atoms. The number of hydrogen-bond donors (Lipinski definition) is 2. The predicted molar refractivity (Wildman–Crippen MR) is 69.7 cm³/mol. The summed E-state index contributed by atoms with van der Waals surface area (Å²) in [6, 6.07) is 8.56. The van der Waals surface area contributed by atoms with Gasteiger partial charge in [0.1, 0.15) is 0 Å². The van der Waals surface area contributed by atoms with Crippen molar-refractivity contribution in [1.82, 2.24) is 5.32 Å². The lowest BCUT2D eigenvalue weighted by molar-refractivity contribution is 0.839. The van der Waals surface area contributed by atoms with Crippen LogP contribution in [0.15, 0.2) is 29.3 Å². The summed E-state index contributed by atoms with van der Waals surface area (Å²) in [5.74, 6) is 0.550. The molecule has 16 heavy (non-hydrogen) atoms. The van der Waals surface area contributed by atoms with Gasteiger partial charge in [-0.25, -0.2) is 0 Å². The molecule has 1 aromatic rings. The van der Waals surface area contributed by atoms with Crippen LogP contribution in [0, 0.1) is 6.92 Å². The fraction of sp³-hybridized carbons (Fsp3) is 0.462. The normalized spacial score (nSPS) is 11.5. The summed E-state index contributed by atoms with van der Waals surface area (Å²) < 4.78 is 0. The van der Waals surface area contributed by atoms with Gasteiger partial charge >= 0.3 is 0 Å². The van der Waals surface area contributed by atoms with Gasteiger partial charge in [-0.05, 0) is 25.3 Å². The lowest BCUT2D eigenvalue weighted by atomic mass is 10.1. The lowest BCUT2D eigenvalue weighted by Crippen LogP contribution is -2.33. The second-order valence-corrected chi connectivity index (χ2v) is 3.93. The van der Waals surface area contributed by atoms with E-state index in [0.717, 1.165) is 25.9 Å². The van der Waals surface area contributed by atoms with E-state index in [-0.39, 0.29) is 0 Å². The number of nitrogens with zero attached hydrogens (tertiary/aromatic N) is 1. The Morgan fingerprint density at radius 2 is 2.00 bits per heavy atom. The van der Waals surface area contributed by atoms with Gasteiger partial charge < -0.3 is 11.1 Å². The highest BCUT2D eigenvalue weighted by atomic mass is 15.1. The summed E-state index contributed by atoms with van der Waals surface area (Å²) in [5, 5.41) is 3.11. The quantitative estimate of drug-likeness (QED) is 0.586. The summed E-state index contributed by atoms with van der Waals surface area (Å²) in [7, 11) is 0. The number of aryl methyl sites for hydroxylation is 1. The number of benzene rings is 1. The molecule has 0 fully saturated rings. The number of hydrogen-bond acceptors (Lipinski definition) is 1. The van der Waals surface area contributed by atoms with E-state index < -0.39 is 0 Å². The fourth-order valence-electron chi connectivity index (χ4n) is 1.38. The Hall–Kier alpha value is -1.51. The van der Waals surface area contributed by atoms with Gasteiger partial charge in [0, 0.05) is 13.1 Å². The van der Waals surface area contributed by atoms with Crippen molar-refractivity contribution in [2.75, 3.05) is 13.1 Å². The van der Waals surface area contributed by atoms with E-state index in [0.29, 0.717) is 5.96 Å². The highest BCUT2D eigenvalue weighted by molar-refractivity contribution is 5.77. The lowest BCUT2D eigenvalue weighted by Gasteiger charge is -2.05. The van der Waals surface area contributed by atoms with Crippen molar-refractivity contribution in [3.63, 3.8) is 0 Å². The SMILES string of the molecule is CCCN=C(N)NCCc1ccc(C)cc1. The molecule has 0 radical (unpaired) electrons. The Kier molecular flexibility index (Phi) is 5.40. The molecule has 0 unspecified atom stereocenters. The number of rotatable bonds is 5. The van der Waals surface area contributed by atoms with Gasteiger partial charge in [0.2, 0.25) is 0 Å². The minimum atomic E-state index is 0.550. The number of nitrogens with two attached hydrogens (primary N) is 1. The number of nitrogens with one attached hydrogen (secondary N) is 1. The van der Waals surface area contributed by atoms with Crippen LogP contribution in [0.1, 0.15) is 24.5 Å². The Morgan fingerprint density at radius 1 is 1.31 bits per heavy atom. The minimum Gasteiger partial charge on any atom is -0.370 e. The molecule has 0 heterocycles. The summed E-state index contributed by atoms with van der Waals surface area (Å²) in [5.41, 5.74) is 8.30. The second kappa shape index (κ2) is 6.88. The molecule has 1 aromatic carbocycles. The zero-order chi connectivity index (χ0) is 11.8. The fourth-order valence-corrected chi connectivity index (χ4v) is 1.38. The first-order valence-corrected chi connectivity index (χ1v) is 5.81. The maximum absolute atomic E-state index is 5.69. The summed E-state index contributed by atoms with van der Waals surface area (Å²) in [6.07, 6.45) is 2.00. The topological polar surface area (TPSA) is 50.4 Å². The first-order chi connectivity index (χ1) is 7.72. The third-order valence-electron chi connectivity index (χ3n) is 2.35. The predicted octanol–water partition coefficient (Wildman–Crippen LogP) is 1.85. The average molecular weight is 219 g/mol. The highest BCUT2D eigenvalue weighted by Crippen LogP contribution is 2.02. The van der Waals surface area contributed by atoms with Gasteiger partial charge in [-0.1, -0.05) is 36.8 Å². The Morgan fingerprint density at radius 3 is 2.62 bits per heavy atom. The summed E-state index contributed by atoms with van der Waals surface area (Å²) >= 11 is 0. The van der Waals surface area contributed by atoms with Crippen LogP contribution in [0.4, 0.5) is 0 Å². The molecule has 3 N–H and O–H groups in total. The maximum atomic E-state index is 5.69. The molecule has 0 saturated carbocycles. The first-order valence-electron chi connectivity index (χ1n) is 5.81. The van der Waals surface area contributed by atoms with Crippen LogP contribution in [-0.2, 0) is 6.42 Å². The molecule has 0 aromatic heterocycles. The van der Waals surface area contributed by atoms with Crippen molar-refractivity contribution in [1.29, 1.82) is 0 Å². The van der Waals surface area contributed by atoms with Crippen molar-refractivity contribution in [2.24, 2.45) is 10.7 Å². The molecule has 0 atom stereocenters. The van der Waals surface area contributed by atoms with E-state index >= 15 is 0 Å². The highest BCUT2D eigenvalue weighted by Gasteiger charge is 1.94. The third-order valence-corrected chi connectivity index (χ3v) is 2.35. The average Bonchev–Trinajstić information content (AvgIpc) is 2.29. The maximum Gasteiger partial charge on any atom is 0.188 e. The number of guanidine groups is 1. The number of aliphatic imine (C=N–C) groups is 1. The Bertz CT molecular complexity index is 328. The minimum absolute atomic E-state index is 0.550. The van der Waals surface area contributed by atoms with Crippen LogP contribution in [-0.4, -0.2) is 19.0 Å². The zero-order valence-corrected chi connectivity index (χ0v) is 10.2. The van der Waals surface area contributed by atoms with E-state index in [1.807, 2.05) is 0 Å². The van der Waals surface area contributed by atoms with Crippen LogP contribution < -0.4 is 11.1 Å². The van der Waals surface area contributed by atoms with E-state index in [9.17, 15) is 0 Å². The zero-order valence-electron chi connectivity index (χ0n) is 10.2. The molecule has 88 valence electrons. The van der Waals surface area contributed by atoms with Gasteiger partial charge in [-0.15, -0.1) is 0 Å². The molecule has 0 aliphatic carbocycles. The third kappa shape index (κ3) is 4.82. The van der Waals surface area contributed by atoms with Crippen LogP contribution in [0.5, 0.6) is 0 Å². The molecular formula is C13H21N3. The smallest absolute Gasteiger partial charge is 0.188 e. The van der Waals surface area contributed by atoms with Crippen molar-refractivity contribution in [3.05, 3.63) is 35.4 Å². The van der Waals surface area contributed by atoms with E-state index in [1.54, 1.807) is 0 Å². The van der Waals surface area contributed by atoms with Crippen molar-refractivity contribution in [2.45, 2.75) is 26.7 Å². The molecule has 0 aliphatic rings. The second-order valence-electron chi connectivity index (χ2n) is 3.93. The van der Waals surface area contributed by atoms with Crippen LogP contribution in [0.2, 0.25) is 0 Å². The molecule has 1 rings (SSSR count). The molecule has 3 heteroatoms. The van der Waals surface area contributed by atoms with Gasteiger partial charge in [0.15, 0.2) is 5.96 Å². The Labute approximate surface area is 97.8 Å². The standard InChI is InChI=1S/C13H21N3/c1-3-9-15-13(14)16-10-8-12-6-4-11(2)5-7-12/h4-7H,3,8-10H2,1-2H3,(H3,14,15,16). The van der Waals surface area contributed by atoms with Gasteiger partial charge in [-0.2, -0.15) is 0 Å². The van der Waals surface area contributed by atoms with Crippen molar-refractivity contribution >= 4 is 5.96 Å². The van der Waals surface area contributed by atoms with E-state index in [4.69, 9.17) is 5.73 Å². The van der Waals surface area contributed by atoms with Gasteiger partial charge in [-0.3, -0.25) is 4.99 Å². The molecule has 0 saturated heterocycles. The van der Waals surface area contributed by atoms with Gasteiger partial charge in [0.05, 0.1) is 0 Å². The molecule has 0 aliphatic heterocycles. The largest absolute Gasteiger partial charge is 0.370 e. The first kappa shape index (κ1) is 12.6. The Balaban J connectivity index is 2.27. The monoisotopic (exact) mass is 219 g/mol. The van der Waals surface area contributed by atoms with Crippen LogP contribution in [0.25, 0.3) is 0 Å². The van der Waals surface area contributed by atoms with Crippen molar-refractivity contribution in [3.8, 4) is 0 Å². The summed E-state index contributed by atoms with van der Waals surface area (Å²) in [4.78, 5) is 4.17. The van der Waals surface area contributed by atoms with Crippen LogP contribution >= 0.6 is 0 Å². The molecular weight excluding hydrogens is 198 g/mol. The summed E-state index contributed by atoms with van der Waals surface area (Å²) in [6.45, 7) is 5.81. The van der Waals surface area contributed by atoms with E-state index in [1.165, 1.54) is 11.1 Å².